The third-order valence-corrected chi connectivity index (χ3v) is 7.16. The largest absolute Gasteiger partial charge is 1.00 e. The first-order valence-electron chi connectivity index (χ1n) is 15.7. The number of aromatic carboxylic acids is 1. The maximum atomic E-state index is 12.7. The minimum atomic E-state index is -1.41. The molecule has 0 aromatic heterocycles. The number of unbranched alkanes of at least 4 members (excludes halogenated alkanes) is 18. The maximum absolute atomic E-state index is 12.7. The molecule has 0 aliphatic carbocycles. The third-order valence-electron chi connectivity index (χ3n) is 7.16. The van der Waals surface area contributed by atoms with Gasteiger partial charge in [-0.2, -0.15) is 0 Å². The topological polar surface area (TPSA) is 92.7 Å². The molecule has 222 valence electrons. The molecule has 0 amide bonds. The first kappa shape index (κ1) is 38.6. The van der Waals surface area contributed by atoms with Crippen LogP contribution in [0.5, 0.6) is 0 Å². The Morgan fingerprint density at radius 3 is 1.27 bits per heavy atom. The Bertz CT molecular complexity index is 810. The number of carbonyl (C=O) groups excluding carboxylic acids is 3. The third kappa shape index (κ3) is 18.9. The summed E-state index contributed by atoms with van der Waals surface area (Å²) >= 11 is 0. The summed E-state index contributed by atoms with van der Waals surface area (Å²) in [7, 11) is 0. The number of carboxylic acids is 1. The van der Waals surface area contributed by atoms with Gasteiger partial charge in [-0.15, -0.1) is 0 Å². The fraction of sp³-hybridized carbons (Fsp3) is 0.727. The van der Waals surface area contributed by atoms with E-state index in [1.807, 2.05) is 0 Å². The molecule has 40 heavy (non-hydrogen) atoms. The van der Waals surface area contributed by atoms with Crippen LogP contribution in [0.4, 0.5) is 0 Å². The normalized spacial score (nSPS) is 10.7. The molecule has 0 saturated carbocycles. The van der Waals surface area contributed by atoms with E-state index in [9.17, 15) is 19.5 Å². The number of carbonyl (C=O) groups is 3. The van der Waals surface area contributed by atoms with E-state index in [4.69, 9.17) is 9.47 Å². The molecule has 0 bridgehead atoms. The molecule has 0 unspecified atom stereocenters. The molecule has 0 atom stereocenters. The second-order valence-corrected chi connectivity index (χ2v) is 10.7. The van der Waals surface area contributed by atoms with Crippen LogP contribution >= 0.6 is 0 Å². The SMILES string of the molecule is CCCCCCCCCCCCOC(=O)c1ccc(C(=O)[O-])cc1C(=O)OCCCCCCCCCCCC.[Na+]. The Kier molecular flexibility index (Phi) is 25.6. The Hall–Kier alpha value is -1.37. The summed E-state index contributed by atoms with van der Waals surface area (Å²) in [5, 5.41) is 11.3. The van der Waals surface area contributed by atoms with Crippen molar-refractivity contribution in [3.63, 3.8) is 0 Å². The van der Waals surface area contributed by atoms with Crippen LogP contribution in [-0.4, -0.2) is 31.1 Å². The van der Waals surface area contributed by atoms with Gasteiger partial charge in [-0.05, 0) is 30.5 Å². The van der Waals surface area contributed by atoms with Crippen LogP contribution in [0.15, 0.2) is 18.2 Å². The summed E-state index contributed by atoms with van der Waals surface area (Å²) in [6.07, 6.45) is 23.5. The zero-order valence-electron chi connectivity index (χ0n) is 25.7. The van der Waals surface area contributed by atoms with Gasteiger partial charge in [-0.1, -0.05) is 135 Å². The minimum absolute atomic E-state index is 0. The molecule has 0 radical (unpaired) electrons. The van der Waals surface area contributed by atoms with E-state index < -0.39 is 17.9 Å². The van der Waals surface area contributed by atoms with E-state index in [2.05, 4.69) is 13.8 Å². The predicted octanol–water partition coefficient (Wildman–Crippen LogP) is 5.21. The van der Waals surface area contributed by atoms with Crippen LogP contribution in [0.1, 0.15) is 173 Å². The Balaban J connectivity index is 0.0000152. The summed E-state index contributed by atoms with van der Waals surface area (Å²) in [6.45, 7) is 4.95. The first-order valence-corrected chi connectivity index (χ1v) is 15.7. The van der Waals surface area contributed by atoms with Crippen molar-refractivity contribution in [2.45, 2.75) is 142 Å². The number of ether oxygens (including phenoxy) is 2. The van der Waals surface area contributed by atoms with Crippen molar-refractivity contribution >= 4 is 17.9 Å². The average Bonchev–Trinajstić information content (AvgIpc) is 2.94. The Morgan fingerprint density at radius 2 is 0.900 bits per heavy atom. The first-order chi connectivity index (χ1) is 19.0. The minimum Gasteiger partial charge on any atom is -0.545 e. The maximum Gasteiger partial charge on any atom is 1.00 e. The van der Waals surface area contributed by atoms with Gasteiger partial charge in [0.25, 0.3) is 0 Å². The van der Waals surface area contributed by atoms with Gasteiger partial charge in [-0.25, -0.2) is 9.59 Å². The average molecular weight is 569 g/mol. The van der Waals surface area contributed by atoms with Gasteiger partial charge >= 0.3 is 41.5 Å². The quantitative estimate of drug-likeness (QED) is 0.0914. The van der Waals surface area contributed by atoms with Crippen molar-refractivity contribution in [2.24, 2.45) is 0 Å². The number of esters is 2. The van der Waals surface area contributed by atoms with Crippen molar-refractivity contribution in [3.05, 3.63) is 34.9 Å². The molecule has 1 rings (SSSR count). The molecular weight excluding hydrogens is 515 g/mol. The predicted molar refractivity (Wildman–Crippen MR) is 155 cm³/mol. The van der Waals surface area contributed by atoms with Crippen molar-refractivity contribution in [3.8, 4) is 0 Å². The van der Waals surface area contributed by atoms with Gasteiger partial charge in [0.2, 0.25) is 0 Å². The Labute approximate surface area is 265 Å². The van der Waals surface area contributed by atoms with E-state index in [0.29, 0.717) is 0 Å². The summed E-state index contributed by atoms with van der Waals surface area (Å²) in [4.78, 5) is 36.7. The molecule has 6 nitrogen and oxygen atoms in total. The second-order valence-electron chi connectivity index (χ2n) is 10.7. The summed E-state index contributed by atoms with van der Waals surface area (Å²) in [5.41, 5.74) is -0.232. The molecule has 1 aromatic carbocycles. The van der Waals surface area contributed by atoms with Crippen molar-refractivity contribution in [1.82, 2.24) is 0 Å². The van der Waals surface area contributed by atoms with E-state index >= 15 is 0 Å². The smallest absolute Gasteiger partial charge is 0.545 e. The van der Waals surface area contributed by atoms with Crippen LogP contribution in [0.25, 0.3) is 0 Å². The van der Waals surface area contributed by atoms with Crippen LogP contribution in [0.2, 0.25) is 0 Å². The number of hydrogen-bond acceptors (Lipinski definition) is 6. The summed E-state index contributed by atoms with van der Waals surface area (Å²) in [6, 6.07) is 3.71. The van der Waals surface area contributed by atoms with Gasteiger partial charge in [0.15, 0.2) is 0 Å². The van der Waals surface area contributed by atoms with E-state index in [1.165, 1.54) is 102 Å². The fourth-order valence-corrected chi connectivity index (χ4v) is 4.68. The molecule has 7 heteroatoms. The molecule has 0 aliphatic rings. The second kappa shape index (κ2) is 26.5. The van der Waals surface area contributed by atoms with Gasteiger partial charge < -0.3 is 19.4 Å². The number of benzene rings is 1. The number of hydrogen-bond donors (Lipinski definition) is 0. The Morgan fingerprint density at radius 1 is 0.550 bits per heavy atom. The van der Waals surface area contributed by atoms with Crippen LogP contribution in [0, 0.1) is 0 Å². The van der Waals surface area contributed by atoms with E-state index in [0.717, 1.165) is 44.6 Å². The number of rotatable bonds is 25. The van der Waals surface area contributed by atoms with Crippen LogP contribution < -0.4 is 34.7 Å². The van der Waals surface area contributed by atoms with Gasteiger partial charge in [0, 0.05) is 0 Å². The standard InChI is InChI=1S/C33H54O6.Na/c1-3-5-7-9-11-13-15-17-19-21-25-38-32(36)29-24-23-28(31(34)35)27-30(29)33(37)39-26-22-20-18-16-14-12-10-8-6-4-2;/h23-24,27H,3-22,25-26H2,1-2H3,(H,34,35);/q;+1/p-1. The van der Waals surface area contributed by atoms with Gasteiger partial charge in [-0.3, -0.25) is 0 Å². The van der Waals surface area contributed by atoms with E-state index in [1.54, 1.807) is 0 Å². The monoisotopic (exact) mass is 568 g/mol. The summed E-state index contributed by atoms with van der Waals surface area (Å²) < 4.78 is 10.8. The van der Waals surface area contributed by atoms with E-state index in [-0.39, 0.29) is 59.5 Å². The number of carboxylic acid groups (broad SMARTS) is 1. The van der Waals surface area contributed by atoms with Crippen LogP contribution in [-0.2, 0) is 9.47 Å². The zero-order valence-corrected chi connectivity index (χ0v) is 27.7. The molecule has 0 heterocycles. The van der Waals surface area contributed by atoms with Crippen LogP contribution in [0.3, 0.4) is 0 Å². The van der Waals surface area contributed by atoms with Gasteiger partial charge in [0.1, 0.15) is 0 Å². The summed E-state index contributed by atoms with van der Waals surface area (Å²) in [5.74, 6) is -2.76. The van der Waals surface area contributed by atoms with Gasteiger partial charge in [0.05, 0.1) is 30.3 Å². The molecular formula is C33H53NaO6. The van der Waals surface area contributed by atoms with Crippen molar-refractivity contribution in [2.75, 3.05) is 13.2 Å². The van der Waals surface area contributed by atoms with Crippen molar-refractivity contribution in [1.29, 1.82) is 0 Å². The molecule has 1 aromatic rings. The molecule has 0 fully saturated rings. The van der Waals surface area contributed by atoms with Crippen molar-refractivity contribution < 1.29 is 58.5 Å². The zero-order chi connectivity index (χ0) is 28.6. The molecule has 0 aliphatic heterocycles. The molecule has 0 N–H and O–H groups in total. The fourth-order valence-electron chi connectivity index (χ4n) is 4.68. The molecule has 0 saturated heterocycles. The molecule has 0 spiro atoms.